The van der Waals surface area contributed by atoms with Crippen LogP contribution < -0.4 is 21.9 Å². The number of primary amides is 1. The van der Waals surface area contributed by atoms with Crippen molar-refractivity contribution in [3.63, 3.8) is 0 Å². The van der Waals surface area contributed by atoms with Gasteiger partial charge in [-0.25, -0.2) is 4.79 Å². The van der Waals surface area contributed by atoms with Crippen molar-refractivity contribution in [1.82, 2.24) is 10.9 Å². The zero-order valence-electron chi connectivity index (χ0n) is 11.8. The molecule has 7 nitrogen and oxygen atoms in total. The van der Waals surface area contributed by atoms with Gasteiger partial charge in [-0.1, -0.05) is 29.8 Å². The number of halogens is 1. The molecule has 0 saturated carbocycles. The van der Waals surface area contributed by atoms with Crippen LogP contribution in [0.4, 0.5) is 10.5 Å². The first-order chi connectivity index (χ1) is 11.0. The van der Waals surface area contributed by atoms with Gasteiger partial charge in [0.1, 0.15) is 0 Å². The maximum atomic E-state index is 12.0. The van der Waals surface area contributed by atoms with E-state index in [-0.39, 0.29) is 16.1 Å². The van der Waals surface area contributed by atoms with E-state index in [9.17, 15) is 14.4 Å². The summed E-state index contributed by atoms with van der Waals surface area (Å²) >= 11 is 5.90. The number of carbonyl (C=O) groups is 3. The van der Waals surface area contributed by atoms with Gasteiger partial charge in [0.15, 0.2) is 0 Å². The Morgan fingerprint density at radius 3 is 2.30 bits per heavy atom. The van der Waals surface area contributed by atoms with E-state index in [0.29, 0.717) is 5.69 Å². The smallest absolute Gasteiger partial charge is 0.316 e. The Hall–Kier alpha value is -3.06. The van der Waals surface area contributed by atoms with Gasteiger partial charge in [0.25, 0.3) is 11.8 Å². The Bertz CT molecular complexity index is 764. The Labute approximate surface area is 136 Å². The van der Waals surface area contributed by atoms with Gasteiger partial charge >= 0.3 is 6.03 Å². The van der Waals surface area contributed by atoms with E-state index in [1.54, 1.807) is 30.3 Å². The van der Waals surface area contributed by atoms with Crippen molar-refractivity contribution in [1.29, 1.82) is 0 Å². The molecule has 0 unspecified atom stereocenters. The molecule has 0 aliphatic rings. The molecule has 0 saturated heterocycles. The number of urea groups is 1. The molecule has 2 rings (SSSR count). The number of carbonyl (C=O) groups excluding carboxylic acids is 3. The molecule has 8 heteroatoms. The van der Waals surface area contributed by atoms with Crippen LogP contribution in [-0.2, 0) is 0 Å². The second-order valence-electron chi connectivity index (χ2n) is 4.46. The summed E-state index contributed by atoms with van der Waals surface area (Å²) in [5.74, 6) is -1.10. The second kappa shape index (κ2) is 7.28. The van der Waals surface area contributed by atoms with Crippen molar-refractivity contribution in [3.8, 4) is 0 Å². The van der Waals surface area contributed by atoms with Crippen LogP contribution in [0, 0.1) is 0 Å². The lowest BCUT2D eigenvalue weighted by molar-refractivity contribution is 0.0847. The van der Waals surface area contributed by atoms with E-state index < -0.39 is 17.8 Å². The van der Waals surface area contributed by atoms with Gasteiger partial charge in [-0.05, 0) is 30.3 Å². The molecule has 118 valence electrons. The monoisotopic (exact) mass is 332 g/mol. The van der Waals surface area contributed by atoms with Crippen molar-refractivity contribution >= 4 is 35.1 Å². The zero-order chi connectivity index (χ0) is 16.8. The molecule has 0 heterocycles. The number of hydrazine groups is 1. The molecule has 23 heavy (non-hydrogen) atoms. The molecular formula is C15H13ClN4O3. The molecule has 2 aromatic rings. The van der Waals surface area contributed by atoms with Crippen molar-refractivity contribution in [2.75, 3.05) is 5.32 Å². The fraction of sp³-hybridized carbons (Fsp3) is 0. The molecule has 0 atom stereocenters. The zero-order valence-corrected chi connectivity index (χ0v) is 12.6. The number of hydrogen-bond donors (Lipinski definition) is 4. The lowest BCUT2D eigenvalue weighted by Crippen LogP contribution is -2.41. The first-order valence-electron chi connectivity index (χ1n) is 6.49. The number of nitrogens with two attached hydrogens (primary N) is 1. The molecule has 0 fully saturated rings. The SMILES string of the molecule is NC(=O)Nc1cccc(C(=O)NNC(=O)c2ccccc2Cl)c1. The highest BCUT2D eigenvalue weighted by atomic mass is 35.5. The van der Waals surface area contributed by atoms with Gasteiger partial charge in [0.2, 0.25) is 0 Å². The van der Waals surface area contributed by atoms with Gasteiger partial charge in [0, 0.05) is 11.3 Å². The average molecular weight is 333 g/mol. The Kier molecular flexibility index (Phi) is 5.16. The van der Waals surface area contributed by atoms with Crippen LogP contribution in [-0.4, -0.2) is 17.8 Å². The second-order valence-corrected chi connectivity index (χ2v) is 4.87. The number of nitrogens with one attached hydrogen (secondary N) is 3. The summed E-state index contributed by atoms with van der Waals surface area (Å²) in [6, 6.07) is 11.8. The number of amides is 4. The third kappa shape index (κ3) is 4.45. The standard InChI is InChI=1S/C15H13ClN4O3/c16-12-7-2-1-6-11(12)14(22)20-19-13(21)9-4-3-5-10(8-9)18-15(17)23/h1-8H,(H,19,21)(H,20,22)(H3,17,18,23). The van der Waals surface area contributed by atoms with Crippen LogP contribution in [0.2, 0.25) is 5.02 Å². The predicted octanol–water partition coefficient (Wildman–Crippen LogP) is 1.91. The Balaban J connectivity index is 2.01. The van der Waals surface area contributed by atoms with Gasteiger partial charge in [-0.2, -0.15) is 0 Å². The third-order valence-corrected chi connectivity index (χ3v) is 3.13. The fourth-order valence-electron chi connectivity index (χ4n) is 1.78. The molecule has 0 aliphatic heterocycles. The summed E-state index contributed by atoms with van der Waals surface area (Å²) in [6.45, 7) is 0. The summed E-state index contributed by atoms with van der Waals surface area (Å²) in [5.41, 5.74) is 10.4. The van der Waals surface area contributed by atoms with E-state index in [1.165, 1.54) is 18.2 Å². The lowest BCUT2D eigenvalue weighted by Gasteiger charge is -2.09. The fourth-order valence-corrected chi connectivity index (χ4v) is 2.00. The van der Waals surface area contributed by atoms with Crippen LogP contribution in [0.3, 0.4) is 0 Å². The summed E-state index contributed by atoms with van der Waals surface area (Å²) in [6.07, 6.45) is 0. The summed E-state index contributed by atoms with van der Waals surface area (Å²) < 4.78 is 0. The third-order valence-electron chi connectivity index (χ3n) is 2.80. The summed E-state index contributed by atoms with van der Waals surface area (Å²) in [5, 5.41) is 2.62. The molecule has 0 bridgehead atoms. The largest absolute Gasteiger partial charge is 0.351 e. The van der Waals surface area contributed by atoms with Crippen molar-refractivity contribution in [2.45, 2.75) is 0 Å². The summed E-state index contributed by atoms with van der Waals surface area (Å²) in [7, 11) is 0. The molecule has 2 aromatic carbocycles. The topological polar surface area (TPSA) is 113 Å². The first kappa shape index (κ1) is 16.3. The maximum absolute atomic E-state index is 12.0. The molecule has 5 N–H and O–H groups in total. The highest BCUT2D eigenvalue weighted by molar-refractivity contribution is 6.33. The van der Waals surface area contributed by atoms with Gasteiger partial charge in [-0.15, -0.1) is 0 Å². The predicted molar refractivity (Wildman–Crippen MR) is 86.0 cm³/mol. The van der Waals surface area contributed by atoms with Crippen LogP contribution in [0.25, 0.3) is 0 Å². The minimum Gasteiger partial charge on any atom is -0.351 e. The molecule has 4 amide bonds. The van der Waals surface area contributed by atoms with E-state index in [0.717, 1.165) is 0 Å². The number of anilines is 1. The van der Waals surface area contributed by atoms with Gasteiger partial charge in [-0.3, -0.25) is 20.4 Å². The normalized spacial score (nSPS) is 9.78. The maximum Gasteiger partial charge on any atom is 0.316 e. The van der Waals surface area contributed by atoms with Crippen LogP contribution >= 0.6 is 11.6 Å². The molecule has 0 spiro atoms. The van der Waals surface area contributed by atoms with E-state index in [2.05, 4.69) is 16.2 Å². The van der Waals surface area contributed by atoms with Crippen molar-refractivity contribution < 1.29 is 14.4 Å². The minimum atomic E-state index is -0.741. The van der Waals surface area contributed by atoms with Crippen LogP contribution in [0.1, 0.15) is 20.7 Å². The van der Waals surface area contributed by atoms with Crippen LogP contribution in [0.5, 0.6) is 0 Å². The van der Waals surface area contributed by atoms with Crippen molar-refractivity contribution in [2.24, 2.45) is 5.73 Å². The van der Waals surface area contributed by atoms with Gasteiger partial charge in [0.05, 0.1) is 10.6 Å². The van der Waals surface area contributed by atoms with Crippen molar-refractivity contribution in [3.05, 3.63) is 64.7 Å². The number of rotatable bonds is 3. The Morgan fingerprint density at radius 2 is 1.61 bits per heavy atom. The van der Waals surface area contributed by atoms with Crippen LogP contribution in [0.15, 0.2) is 48.5 Å². The number of hydrogen-bond acceptors (Lipinski definition) is 3. The highest BCUT2D eigenvalue weighted by Crippen LogP contribution is 2.14. The molecule has 0 aliphatic carbocycles. The molecular weight excluding hydrogens is 320 g/mol. The molecule has 0 radical (unpaired) electrons. The lowest BCUT2D eigenvalue weighted by atomic mass is 10.2. The molecule has 0 aromatic heterocycles. The minimum absolute atomic E-state index is 0.232. The average Bonchev–Trinajstić information content (AvgIpc) is 2.52. The van der Waals surface area contributed by atoms with Gasteiger partial charge < -0.3 is 11.1 Å². The Morgan fingerprint density at radius 1 is 0.913 bits per heavy atom. The first-order valence-corrected chi connectivity index (χ1v) is 6.87. The summed E-state index contributed by atoms with van der Waals surface area (Å²) in [4.78, 5) is 34.7. The quantitative estimate of drug-likeness (QED) is 0.644. The number of benzene rings is 2. The van der Waals surface area contributed by atoms with E-state index in [4.69, 9.17) is 17.3 Å². The van der Waals surface area contributed by atoms with E-state index >= 15 is 0 Å². The van der Waals surface area contributed by atoms with E-state index in [1.807, 2.05) is 0 Å². The highest BCUT2D eigenvalue weighted by Gasteiger charge is 2.12.